The third-order valence-electron chi connectivity index (χ3n) is 3.31. The Hall–Kier alpha value is -1.42. The van der Waals surface area contributed by atoms with E-state index >= 15 is 0 Å². The van der Waals surface area contributed by atoms with E-state index in [1.807, 2.05) is 0 Å². The van der Waals surface area contributed by atoms with Gasteiger partial charge in [0, 0.05) is 12.1 Å². The molecule has 0 aliphatic carbocycles. The number of ether oxygens (including phenoxy) is 1. The van der Waals surface area contributed by atoms with Gasteiger partial charge in [0.15, 0.2) is 0 Å². The first kappa shape index (κ1) is 18.6. The zero-order chi connectivity index (χ0) is 15.5. The molecule has 0 atom stereocenters. The molecule has 2 N–H and O–H groups in total. The SMILES string of the molecule is COc1cc([N+](=O)[O-])ccc1S(=O)(=O)NC1CCNCC1.Cl. The summed E-state index contributed by atoms with van der Waals surface area (Å²) in [6.45, 7) is 1.51. The number of hydrogen-bond acceptors (Lipinski definition) is 6. The predicted molar refractivity (Wildman–Crippen MR) is 83.1 cm³/mol. The van der Waals surface area contributed by atoms with Gasteiger partial charge < -0.3 is 10.1 Å². The number of nitro benzene ring substituents is 1. The van der Waals surface area contributed by atoms with Crippen molar-refractivity contribution >= 4 is 28.1 Å². The minimum absolute atomic E-state index is 0. The first-order chi connectivity index (χ1) is 9.94. The van der Waals surface area contributed by atoms with Gasteiger partial charge in [0.2, 0.25) is 10.0 Å². The van der Waals surface area contributed by atoms with Crippen LogP contribution in [0.1, 0.15) is 12.8 Å². The van der Waals surface area contributed by atoms with Crippen LogP contribution in [0.5, 0.6) is 5.75 Å². The Morgan fingerprint density at radius 1 is 1.36 bits per heavy atom. The Labute approximate surface area is 134 Å². The third-order valence-corrected chi connectivity index (χ3v) is 4.87. The number of benzene rings is 1. The number of rotatable bonds is 5. The average molecular weight is 352 g/mol. The molecule has 8 nitrogen and oxygen atoms in total. The van der Waals surface area contributed by atoms with Crippen molar-refractivity contribution in [3.63, 3.8) is 0 Å². The molecule has 0 aromatic heterocycles. The quantitative estimate of drug-likeness (QED) is 0.606. The summed E-state index contributed by atoms with van der Waals surface area (Å²) in [5.74, 6) is -0.0364. The number of methoxy groups -OCH3 is 1. The topological polar surface area (TPSA) is 111 Å². The van der Waals surface area contributed by atoms with Crippen molar-refractivity contribution in [1.82, 2.24) is 10.0 Å². The van der Waals surface area contributed by atoms with E-state index < -0.39 is 14.9 Å². The van der Waals surface area contributed by atoms with Gasteiger partial charge in [-0.05, 0) is 32.0 Å². The largest absolute Gasteiger partial charge is 0.495 e. The maximum atomic E-state index is 12.4. The van der Waals surface area contributed by atoms with Crippen LogP contribution in [0.25, 0.3) is 0 Å². The van der Waals surface area contributed by atoms with Gasteiger partial charge in [-0.15, -0.1) is 12.4 Å². The molecule has 0 saturated carbocycles. The lowest BCUT2D eigenvalue weighted by atomic mass is 10.1. The van der Waals surface area contributed by atoms with Crippen LogP contribution in [0.3, 0.4) is 0 Å². The molecule has 0 unspecified atom stereocenters. The highest BCUT2D eigenvalue weighted by molar-refractivity contribution is 7.89. The molecule has 1 saturated heterocycles. The van der Waals surface area contributed by atoms with Crippen LogP contribution in [0, 0.1) is 10.1 Å². The number of piperidine rings is 1. The van der Waals surface area contributed by atoms with Crippen molar-refractivity contribution in [3.8, 4) is 5.75 Å². The fraction of sp³-hybridized carbons (Fsp3) is 0.500. The molecule has 124 valence electrons. The van der Waals surface area contributed by atoms with Crippen LogP contribution < -0.4 is 14.8 Å². The molecule has 0 amide bonds. The van der Waals surface area contributed by atoms with Gasteiger partial charge in [-0.3, -0.25) is 10.1 Å². The van der Waals surface area contributed by atoms with Crippen LogP contribution in [0.4, 0.5) is 5.69 Å². The normalized spacial score (nSPS) is 15.9. The minimum atomic E-state index is -3.77. The number of non-ortho nitro benzene ring substituents is 1. The van der Waals surface area contributed by atoms with E-state index in [0.29, 0.717) is 12.8 Å². The maximum Gasteiger partial charge on any atom is 0.273 e. The Bertz CT molecular complexity index is 632. The summed E-state index contributed by atoms with van der Waals surface area (Å²) in [5, 5.41) is 13.9. The molecule has 1 aliphatic rings. The number of nitro groups is 1. The van der Waals surface area contributed by atoms with Crippen molar-refractivity contribution in [2.24, 2.45) is 0 Å². The Balaban J connectivity index is 0.00000242. The smallest absolute Gasteiger partial charge is 0.273 e. The van der Waals surface area contributed by atoms with Crippen LogP contribution in [0.15, 0.2) is 23.1 Å². The average Bonchev–Trinajstić information content (AvgIpc) is 2.47. The van der Waals surface area contributed by atoms with E-state index in [9.17, 15) is 18.5 Å². The number of hydrogen-bond donors (Lipinski definition) is 2. The Morgan fingerprint density at radius 2 is 2.00 bits per heavy atom. The van der Waals surface area contributed by atoms with Crippen LogP contribution in [-0.4, -0.2) is 39.6 Å². The number of sulfonamides is 1. The second-order valence-electron chi connectivity index (χ2n) is 4.74. The van der Waals surface area contributed by atoms with E-state index in [-0.39, 0.29) is 34.8 Å². The second-order valence-corrected chi connectivity index (χ2v) is 6.42. The second kappa shape index (κ2) is 7.73. The van der Waals surface area contributed by atoms with Crippen molar-refractivity contribution in [1.29, 1.82) is 0 Å². The van der Waals surface area contributed by atoms with Crippen LogP contribution in [0.2, 0.25) is 0 Å². The molecule has 0 radical (unpaired) electrons. The summed E-state index contributed by atoms with van der Waals surface area (Å²) in [6.07, 6.45) is 1.41. The lowest BCUT2D eigenvalue weighted by molar-refractivity contribution is -0.385. The third kappa shape index (κ3) is 4.29. The molecule has 1 aromatic carbocycles. The van der Waals surface area contributed by atoms with Crippen molar-refractivity contribution in [2.75, 3.05) is 20.2 Å². The van der Waals surface area contributed by atoms with Crippen molar-refractivity contribution in [2.45, 2.75) is 23.8 Å². The van der Waals surface area contributed by atoms with E-state index in [1.165, 1.54) is 13.2 Å². The van der Waals surface area contributed by atoms with Gasteiger partial charge in [-0.1, -0.05) is 0 Å². The van der Waals surface area contributed by atoms with Crippen molar-refractivity contribution < 1.29 is 18.1 Å². The summed E-state index contributed by atoms with van der Waals surface area (Å²) < 4.78 is 32.4. The molecule has 22 heavy (non-hydrogen) atoms. The minimum Gasteiger partial charge on any atom is -0.495 e. The van der Waals surface area contributed by atoms with E-state index in [0.717, 1.165) is 25.2 Å². The molecule has 2 rings (SSSR count). The van der Waals surface area contributed by atoms with Gasteiger partial charge in [0.05, 0.1) is 18.1 Å². The number of nitrogens with one attached hydrogen (secondary N) is 2. The Morgan fingerprint density at radius 3 is 2.55 bits per heavy atom. The van der Waals surface area contributed by atoms with Gasteiger partial charge in [-0.25, -0.2) is 13.1 Å². The summed E-state index contributed by atoms with van der Waals surface area (Å²) in [6, 6.07) is 3.31. The lowest BCUT2D eigenvalue weighted by Gasteiger charge is -2.23. The first-order valence-electron chi connectivity index (χ1n) is 6.49. The highest BCUT2D eigenvalue weighted by Gasteiger charge is 2.26. The summed E-state index contributed by atoms with van der Waals surface area (Å²) >= 11 is 0. The van der Waals surface area contributed by atoms with Gasteiger partial charge >= 0.3 is 0 Å². The van der Waals surface area contributed by atoms with Crippen LogP contribution in [-0.2, 0) is 10.0 Å². The molecule has 1 aromatic rings. The summed E-state index contributed by atoms with van der Waals surface area (Å²) in [4.78, 5) is 10.0. The number of halogens is 1. The fourth-order valence-electron chi connectivity index (χ4n) is 2.21. The summed E-state index contributed by atoms with van der Waals surface area (Å²) in [5.41, 5.74) is -0.215. The highest BCUT2D eigenvalue weighted by atomic mass is 35.5. The van der Waals surface area contributed by atoms with Crippen molar-refractivity contribution in [3.05, 3.63) is 28.3 Å². The zero-order valence-electron chi connectivity index (χ0n) is 11.9. The molecule has 1 heterocycles. The molecular weight excluding hydrogens is 334 g/mol. The fourth-order valence-corrected chi connectivity index (χ4v) is 3.67. The maximum absolute atomic E-state index is 12.4. The molecular formula is C12H18ClN3O5S. The monoisotopic (exact) mass is 351 g/mol. The molecule has 1 aliphatic heterocycles. The van der Waals surface area contributed by atoms with Crippen LogP contribution >= 0.6 is 12.4 Å². The van der Waals surface area contributed by atoms with Gasteiger partial charge in [-0.2, -0.15) is 0 Å². The first-order valence-corrected chi connectivity index (χ1v) is 7.98. The number of nitrogens with zero attached hydrogens (tertiary/aromatic N) is 1. The van der Waals surface area contributed by atoms with Gasteiger partial charge in [0.25, 0.3) is 5.69 Å². The standard InChI is InChI=1S/C12H17N3O5S.ClH/c1-20-11-8-10(15(16)17)2-3-12(11)21(18,19)14-9-4-6-13-7-5-9;/h2-3,8-9,13-14H,4-7H2,1H3;1H. The highest BCUT2D eigenvalue weighted by Crippen LogP contribution is 2.28. The predicted octanol–water partition coefficient (Wildman–Crippen LogP) is 1.06. The Kier molecular flexibility index (Phi) is 6.54. The summed E-state index contributed by atoms with van der Waals surface area (Å²) in [7, 11) is -2.49. The molecule has 1 fully saturated rings. The molecule has 0 spiro atoms. The molecule has 10 heteroatoms. The van der Waals surface area contributed by atoms with E-state index in [2.05, 4.69) is 10.0 Å². The lowest BCUT2D eigenvalue weighted by Crippen LogP contribution is -2.42. The van der Waals surface area contributed by atoms with Gasteiger partial charge in [0.1, 0.15) is 10.6 Å². The van der Waals surface area contributed by atoms with E-state index in [4.69, 9.17) is 4.74 Å². The van der Waals surface area contributed by atoms with E-state index in [1.54, 1.807) is 0 Å². The molecule has 0 bridgehead atoms. The zero-order valence-corrected chi connectivity index (χ0v) is 13.6.